The highest BCUT2D eigenvalue weighted by Gasteiger charge is 2.21. The molecule has 0 spiro atoms. The molecule has 3 aromatic rings. The van der Waals surface area contributed by atoms with Crippen LogP contribution < -0.4 is 10.2 Å². The van der Waals surface area contributed by atoms with Crippen LogP contribution in [-0.4, -0.2) is 22.9 Å². The predicted octanol–water partition coefficient (Wildman–Crippen LogP) is 3.53. The van der Waals surface area contributed by atoms with Gasteiger partial charge < -0.3 is 14.8 Å². The fourth-order valence-electron chi connectivity index (χ4n) is 3.29. The lowest BCUT2D eigenvalue weighted by Gasteiger charge is -2.16. The average Bonchev–Trinajstić information content (AvgIpc) is 3.39. The van der Waals surface area contributed by atoms with Crippen molar-refractivity contribution in [3.05, 3.63) is 84.2 Å². The van der Waals surface area contributed by atoms with Gasteiger partial charge in [0.15, 0.2) is 0 Å². The van der Waals surface area contributed by atoms with Crippen LogP contribution in [0.1, 0.15) is 28.8 Å². The molecule has 4 rings (SSSR count). The highest BCUT2D eigenvalue weighted by atomic mass is 16.2. The lowest BCUT2D eigenvalue weighted by molar-refractivity contribution is -0.117. The molecule has 1 N–H and O–H groups in total. The second-order valence-corrected chi connectivity index (χ2v) is 6.64. The molecule has 0 bridgehead atoms. The second-order valence-electron chi connectivity index (χ2n) is 6.64. The highest BCUT2D eigenvalue weighted by Crippen LogP contribution is 2.21. The van der Waals surface area contributed by atoms with E-state index in [1.807, 2.05) is 82.5 Å². The van der Waals surface area contributed by atoms with Crippen molar-refractivity contribution in [3.8, 4) is 5.69 Å². The standard InChI is InChI=1S/C22H21N3O2/c26-21-4-3-15-25(21)20-9-5-17(6-10-20)16-23-22(27)18-7-11-19(12-8-18)24-13-1-2-14-24/h1-2,5-14H,3-4,15-16H2,(H,23,27). The zero-order valence-corrected chi connectivity index (χ0v) is 15.0. The maximum atomic E-state index is 12.4. The minimum absolute atomic E-state index is 0.104. The minimum Gasteiger partial charge on any atom is -0.348 e. The maximum absolute atomic E-state index is 12.4. The molecule has 5 heteroatoms. The van der Waals surface area contributed by atoms with E-state index in [0.29, 0.717) is 18.5 Å². The number of nitrogens with one attached hydrogen (secondary N) is 1. The zero-order valence-electron chi connectivity index (χ0n) is 15.0. The molecule has 1 aliphatic heterocycles. The number of hydrogen-bond acceptors (Lipinski definition) is 2. The number of anilines is 1. The van der Waals surface area contributed by atoms with E-state index in [0.717, 1.165) is 29.9 Å². The van der Waals surface area contributed by atoms with E-state index >= 15 is 0 Å². The minimum atomic E-state index is -0.104. The molecule has 0 saturated carbocycles. The van der Waals surface area contributed by atoms with Crippen LogP contribution in [0.15, 0.2) is 73.1 Å². The van der Waals surface area contributed by atoms with Crippen molar-refractivity contribution in [2.75, 3.05) is 11.4 Å². The maximum Gasteiger partial charge on any atom is 0.251 e. The van der Waals surface area contributed by atoms with Gasteiger partial charge in [-0.25, -0.2) is 0 Å². The second kappa shape index (κ2) is 7.50. The normalized spacial score (nSPS) is 13.8. The number of carbonyl (C=O) groups is 2. The molecule has 27 heavy (non-hydrogen) atoms. The molecule has 1 saturated heterocycles. The predicted molar refractivity (Wildman–Crippen MR) is 105 cm³/mol. The average molecular weight is 359 g/mol. The Kier molecular flexibility index (Phi) is 4.75. The Morgan fingerprint density at radius 3 is 2.22 bits per heavy atom. The summed E-state index contributed by atoms with van der Waals surface area (Å²) in [6.07, 6.45) is 5.48. The molecule has 2 heterocycles. The first kappa shape index (κ1) is 17.1. The molecular weight excluding hydrogens is 338 g/mol. The molecule has 1 aliphatic rings. The summed E-state index contributed by atoms with van der Waals surface area (Å²) in [5, 5.41) is 2.94. The number of amides is 2. The van der Waals surface area contributed by atoms with Crippen LogP contribution in [0.25, 0.3) is 5.69 Å². The molecule has 1 aromatic heterocycles. The lowest BCUT2D eigenvalue weighted by atomic mass is 10.1. The van der Waals surface area contributed by atoms with Crippen molar-refractivity contribution < 1.29 is 9.59 Å². The molecule has 136 valence electrons. The molecule has 0 aliphatic carbocycles. The van der Waals surface area contributed by atoms with Gasteiger partial charge in [0, 0.05) is 48.8 Å². The smallest absolute Gasteiger partial charge is 0.251 e. The van der Waals surface area contributed by atoms with Gasteiger partial charge in [0.2, 0.25) is 5.91 Å². The largest absolute Gasteiger partial charge is 0.348 e. The molecule has 0 unspecified atom stereocenters. The van der Waals surface area contributed by atoms with Gasteiger partial charge >= 0.3 is 0 Å². The van der Waals surface area contributed by atoms with E-state index in [1.54, 1.807) is 0 Å². The molecule has 2 amide bonds. The van der Waals surface area contributed by atoms with E-state index in [9.17, 15) is 9.59 Å². The van der Waals surface area contributed by atoms with Gasteiger partial charge in [0.25, 0.3) is 5.91 Å². The third-order valence-corrected chi connectivity index (χ3v) is 4.81. The van der Waals surface area contributed by atoms with Gasteiger partial charge in [-0.1, -0.05) is 12.1 Å². The summed E-state index contributed by atoms with van der Waals surface area (Å²) in [4.78, 5) is 26.0. The number of hydrogen-bond donors (Lipinski definition) is 1. The number of benzene rings is 2. The Hall–Kier alpha value is -3.34. The summed E-state index contributed by atoms with van der Waals surface area (Å²) < 4.78 is 1.99. The molecule has 5 nitrogen and oxygen atoms in total. The van der Waals surface area contributed by atoms with Crippen LogP contribution >= 0.6 is 0 Å². The highest BCUT2D eigenvalue weighted by molar-refractivity contribution is 5.95. The van der Waals surface area contributed by atoms with Crippen LogP contribution in [0.4, 0.5) is 5.69 Å². The Balaban J connectivity index is 1.35. The SMILES string of the molecule is O=C(NCc1ccc(N2CCCC2=O)cc1)c1ccc(-n2cccc2)cc1. The topological polar surface area (TPSA) is 54.3 Å². The summed E-state index contributed by atoms with van der Waals surface area (Å²) >= 11 is 0. The number of aromatic nitrogens is 1. The first-order valence-electron chi connectivity index (χ1n) is 9.12. The Bertz CT molecular complexity index is 929. The fourth-order valence-corrected chi connectivity index (χ4v) is 3.29. The van der Waals surface area contributed by atoms with Crippen molar-refractivity contribution in [2.24, 2.45) is 0 Å². The lowest BCUT2D eigenvalue weighted by Crippen LogP contribution is -2.24. The van der Waals surface area contributed by atoms with Crippen LogP contribution in [-0.2, 0) is 11.3 Å². The van der Waals surface area contributed by atoms with Gasteiger partial charge in [0.05, 0.1) is 0 Å². The summed E-state index contributed by atoms with van der Waals surface area (Å²) in [5.74, 6) is 0.0762. The third-order valence-electron chi connectivity index (χ3n) is 4.81. The van der Waals surface area contributed by atoms with Gasteiger partial charge in [-0.15, -0.1) is 0 Å². The Morgan fingerprint density at radius 1 is 0.926 bits per heavy atom. The summed E-state index contributed by atoms with van der Waals surface area (Å²) in [7, 11) is 0. The first-order chi connectivity index (χ1) is 13.2. The summed E-state index contributed by atoms with van der Waals surface area (Å²) in [5.41, 5.74) is 3.57. The molecular formula is C22H21N3O2. The first-order valence-corrected chi connectivity index (χ1v) is 9.12. The number of nitrogens with zero attached hydrogens (tertiary/aromatic N) is 2. The quantitative estimate of drug-likeness (QED) is 0.758. The molecule has 0 atom stereocenters. The molecule has 0 radical (unpaired) electrons. The van der Waals surface area contributed by atoms with Crippen LogP contribution in [0.2, 0.25) is 0 Å². The fraction of sp³-hybridized carbons (Fsp3) is 0.182. The van der Waals surface area contributed by atoms with E-state index in [4.69, 9.17) is 0 Å². The van der Waals surface area contributed by atoms with Crippen molar-refractivity contribution in [3.63, 3.8) is 0 Å². The van der Waals surface area contributed by atoms with E-state index < -0.39 is 0 Å². The van der Waals surface area contributed by atoms with E-state index in [2.05, 4.69) is 5.32 Å². The van der Waals surface area contributed by atoms with Crippen LogP contribution in [0.5, 0.6) is 0 Å². The van der Waals surface area contributed by atoms with E-state index in [1.165, 1.54) is 0 Å². The van der Waals surface area contributed by atoms with Crippen molar-refractivity contribution in [1.29, 1.82) is 0 Å². The van der Waals surface area contributed by atoms with Crippen LogP contribution in [0.3, 0.4) is 0 Å². The number of rotatable bonds is 5. The van der Waals surface area contributed by atoms with Gasteiger partial charge in [-0.2, -0.15) is 0 Å². The van der Waals surface area contributed by atoms with Gasteiger partial charge in [-0.3, -0.25) is 9.59 Å². The van der Waals surface area contributed by atoms with Crippen LogP contribution in [0, 0.1) is 0 Å². The monoisotopic (exact) mass is 359 g/mol. The molecule has 1 fully saturated rings. The van der Waals surface area contributed by atoms with E-state index in [-0.39, 0.29) is 11.8 Å². The van der Waals surface area contributed by atoms with Gasteiger partial charge in [-0.05, 0) is 60.5 Å². The van der Waals surface area contributed by atoms with Crippen molar-refractivity contribution in [1.82, 2.24) is 9.88 Å². The third kappa shape index (κ3) is 3.77. The molecule has 2 aromatic carbocycles. The Morgan fingerprint density at radius 2 is 1.59 bits per heavy atom. The summed E-state index contributed by atoms with van der Waals surface area (Å²) in [6.45, 7) is 1.24. The number of carbonyl (C=O) groups excluding carboxylic acids is 2. The van der Waals surface area contributed by atoms with Crippen molar-refractivity contribution >= 4 is 17.5 Å². The van der Waals surface area contributed by atoms with Crippen molar-refractivity contribution in [2.45, 2.75) is 19.4 Å². The Labute approximate surface area is 158 Å². The summed E-state index contributed by atoms with van der Waals surface area (Å²) in [6, 6.07) is 19.2. The van der Waals surface area contributed by atoms with Gasteiger partial charge in [0.1, 0.15) is 0 Å². The zero-order chi connectivity index (χ0) is 18.6.